The maximum Gasteiger partial charge on any atom is 0.123 e. The molecular formula is C12H17NO2. The highest BCUT2D eigenvalue weighted by molar-refractivity contribution is 5.41. The second-order valence-electron chi connectivity index (χ2n) is 4.13. The van der Waals surface area contributed by atoms with E-state index in [1.165, 1.54) is 5.56 Å². The molecule has 0 saturated heterocycles. The number of ether oxygens (including phenoxy) is 1. The quantitative estimate of drug-likeness (QED) is 0.765. The maximum atomic E-state index is 9.10. The second kappa shape index (κ2) is 4.21. The van der Waals surface area contributed by atoms with Gasteiger partial charge in [-0.1, -0.05) is 12.1 Å². The third-order valence-electron chi connectivity index (χ3n) is 2.98. The van der Waals surface area contributed by atoms with Gasteiger partial charge in [0, 0.05) is 12.0 Å². The molecule has 1 aliphatic heterocycles. The van der Waals surface area contributed by atoms with Gasteiger partial charge in [-0.05, 0) is 30.5 Å². The van der Waals surface area contributed by atoms with E-state index in [2.05, 4.69) is 12.1 Å². The van der Waals surface area contributed by atoms with E-state index in [9.17, 15) is 0 Å². The summed E-state index contributed by atoms with van der Waals surface area (Å²) in [6.07, 6.45) is 0.887. The van der Waals surface area contributed by atoms with E-state index in [-0.39, 0.29) is 18.6 Å². The fourth-order valence-corrected chi connectivity index (χ4v) is 2.10. The summed E-state index contributed by atoms with van der Waals surface area (Å²) in [4.78, 5) is 0. The number of hydrogen-bond donors (Lipinski definition) is 2. The Labute approximate surface area is 89.9 Å². The van der Waals surface area contributed by atoms with Crippen LogP contribution in [0.1, 0.15) is 23.5 Å². The molecule has 1 aliphatic rings. The molecule has 0 aromatic heterocycles. The predicted molar refractivity (Wildman–Crippen MR) is 59.1 cm³/mol. The molecule has 3 N–H and O–H groups in total. The molecule has 15 heavy (non-hydrogen) atoms. The van der Waals surface area contributed by atoms with Gasteiger partial charge in [0.15, 0.2) is 0 Å². The summed E-state index contributed by atoms with van der Waals surface area (Å²) in [6.45, 7) is 2.76. The van der Waals surface area contributed by atoms with Crippen LogP contribution in [0.5, 0.6) is 5.75 Å². The van der Waals surface area contributed by atoms with Crippen LogP contribution >= 0.6 is 0 Å². The van der Waals surface area contributed by atoms with Crippen molar-refractivity contribution in [3.8, 4) is 5.75 Å². The van der Waals surface area contributed by atoms with Gasteiger partial charge in [0.2, 0.25) is 0 Å². The lowest BCUT2D eigenvalue weighted by molar-refractivity contribution is 0.209. The number of aliphatic hydroxyl groups excluding tert-OH is 1. The minimum absolute atomic E-state index is 0.0258. The molecule has 2 unspecified atom stereocenters. The van der Waals surface area contributed by atoms with E-state index in [4.69, 9.17) is 15.6 Å². The summed E-state index contributed by atoms with van der Waals surface area (Å²) in [7, 11) is 0. The van der Waals surface area contributed by atoms with E-state index >= 15 is 0 Å². The largest absolute Gasteiger partial charge is 0.493 e. The molecule has 3 heteroatoms. The summed E-state index contributed by atoms with van der Waals surface area (Å²) in [5.41, 5.74) is 8.21. The van der Waals surface area contributed by atoms with Crippen molar-refractivity contribution in [3.63, 3.8) is 0 Å². The molecule has 0 aliphatic carbocycles. The van der Waals surface area contributed by atoms with Gasteiger partial charge in [-0.25, -0.2) is 0 Å². The molecule has 1 aromatic rings. The number of benzene rings is 1. The molecule has 0 fully saturated rings. The predicted octanol–water partition coefficient (Wildman–Crippen LogP) is 1.18. The molecule has 0 radical (unpaired) electrons. The van der Waals surface area contributed by atoms with E-state index in [0.717, 1.165) is 17.7 Å². The van der Waals surface area contributed by atoms with Gasteiger partial charge in [0.25, 0.3) is 0 Å². The van der Waals surface area contributed by atoms with E-state index in [1.807, 2.05) is 13.0 Å². The van der Waals surface area contributed by atoms with Gasteiger partial charge in [-0.15, -0.1) is 0 Å². The van der Waals surface area contributed by atoms with Crippen molar-refractivity contribution < 1.29 is 9.84 Å². The Kier molecular flexibility index (Phi) is 2.93. The lowest BCUT2D eigenvalue weighted by Crippen LogP contribution is -2.35. The summed E-state index contributed by atoms with van der Waals surface area (Å²) in [5.74, 6) is 1.15. The summed E-state index contributed by atoms with van der Waals surface area (Å²) >= 11 is 0. The molecule has 1 heterocycles. The molecule has 82 valence electrons. The smallest absolute Gasteiger partial charge is 0.123 e. The van der Waals surface area contributed by atoms with Gasteiger partial charge in [-0.2, -0.15) is 0 Å². The fraction of sp³-hybridized carbons (Fsp3) is 0.500. The average molecular weight is 207 g/mol. The van der Waals surface area contributed by atoms with Gasteiger partial charge < -0.3 is 15.6 Å². The third kappa shape index (κ3) is 1.98. The Balaban J connectivity index is 2.34. The Hall–Kier alpha value is -1.06. The van der Waals surface area contributed by atoms with Crippen molar-refractivity contribution in [2.75, 3.05) is 13.2 Å². The van der Waals surface area contributed by atoms with Crippen LogP contribution < -0.4 is 10.5 Å². The van der Waals surface area contributed by atoms with Gasteiger partial charge in [0.05, 0.1) is 13.2 Å². The first-order valence-electron chi connectivity index (χ1n) is 5.32. The van der Waals surface area contributed by atoms with Crippen molar-refractivity contribution in [2.24, 2.45) is 5.73 Å². The van der Waals surface area contributed by atoms with Crippen LogP contribution in [-0.4, -0.2) is 24.4 Å². The number of nitrogens with two attached hydrogens (primary N) is 1. The van der Waals surface area contributed by atoms with Crippen LogP contribution in [-0.2, 0) is 0 Å². The lowest BCUT2D eigenvalue weighted by atomic mass is 9.87. The third-order valence-corrected chi connectivity index (χ3v) is 2.98. The molecule has 3 nitrogen and oxygen atoms in total. The summed E-state index contributed by atoms with van der Waals surface area (Å²) in [5, 5.41) is 9.10. The molecule has 0 saturated carbocycles. The maximum absolute atomic E-state index is 9.10. The Morgan fingerprint density at radius 3 is 3.13 bits per heavy atom. The Morgan fingerprint density at radius 2 is 2.40 bits per heavy atom. The highest BCUT2D eigenvalue weighted by Crippen LogP contribution is 2.35. The molecule has 1 aromatic carbocycles. The van der Waals surface area contributed by atoms with Gasteiger partial charge in [-0.3, -0.25) is 0 Å². The van der Waals surface area contributed by atoms with Crippen LogP contribution in [0, 0.1) is 6.92 Å². The Bertz CT molecular complexity index is 351. The van der Waals surface area contributed by atoms with Crippen molar-refractivity contribution in [2.45, 2.75) is 25.3 Å². The van der Waals surface area contributed by atoms with E-state index in [0.29, 0.717) is 6.61 Å². The van der Waals surface area contributed by atoms with Crippen molar-refractivity contribution in [1.82, 2.24) is 0 Å². The van der Waals surface area contributed by atoms with Crippen LogP contribution in [0.15, 0.2) is 18.2 Å². The molecule has 2 rings (SSSR count). The van der Waals surface area contributed by atoms with Gasteiger partial charge in [0.1, 0.15) is 5.75 Å². The van der Waals surface area contributed by atoms with Crippen LogP contribution in [0.25, 0.3) is 0 Å². The SMILES string of the molecule is Cc1ccc2c(c1)OCCC2C(N)CO. The summed E-state index contributed by atoms with van der Waals surface area (Å²) < 4.78 is 5.59. The molecule has 0 spiro atoms. The number of fused-ring (bicyclic) bond motifs is 1. The zero-order chi connectivity index (χ0) is 10.8. The zero-order valence-corrected chi connectivity index (χ0v) is 8.94. The van der Waals surface area contributed by atoms with Crippen LogP contribution in [0.4, 0.5) is 0 Å². The topological polar surface area (TPSA) is 55.5 Å². The molecular weight excluding hydrogens is 190 g/mol. The minimum Gasteiger partial charge on any atom is -0.493 e. The monoisotopic (exact) mass is 207 g/mol. The number of rotatable bonds is 2. The van der Waals surface area contributed by atoms with Crippen LogP contribution in [0.2, 0.25) is 0 Å². The fourth-order valence-electron chi connectivity index (χ4n) is 2.10. The van der Waals surface area contributed by atoms with E-state index in [1.54, 1.807) is 0 Å². The molecule has 0 bridgehead atoms. The first-order valence-corrected chi connectivity index (χ1v) is 5.32. The highest BCUT2D eigenvalue weighted by Gasteiger charge is 2.26. The number of aliphatic hydroxyl groups is 1. The van der Waals surface area contributed by atoms with E-state index < -0.39 is 0 Å². The normalized spacial score (nSPS) is 21.7. The lowest BCUT2D eigenvalue weighted by Gasteiger charge is -2.29. The summed E-state index contributed by atoms with van der Waals surface area (Å²) in [6, 6.07) is 5.97. The number of hydrogen-bond acceptors (Lipinski definition) is 3. The number of aryl methyl sites for hydroxylation is 1. The first kappa shape index (κ1) is 10.5. The molecule has 2 atom stereocenters. The first-order chi connectivity index (χ1) is 7.22. The minimum atomic E-state index is -0.185. The standard InChI is InChI=1S/C12H17NO2/c1-8-2-3-10-9(11(13)7-14)4-5-15-12(10)6-8/h2-3,6,9,11,14H,4-5,7,13H2,1H3. The Morgan fingerprint density at radius 1 is 1.60 bits per heavy atom. The van der Waals surface area contributed by atoms with Crippen molar-refractivity contribution in [3.05, 3.63) is 29.3 Å². The van der Waals surface area contributed by atoms with Crippen LogP contribution in [0.3, 0.4) is 0 Å². The van der Waals surface area contributed by atoms with Gasteiger partial charge >= 0.3 is 0 Å². The van der Waals surface area contributed by atoms with Crippen molar-refractivity contribution >= 4 is 0 Å². The second-order valence-corrected chi connectivity index (χ2v) is 4.13. The highest BCUT2D eigenvalue weighted by atomic mass is 16.5. The zero-order valence-electron chi connectivity index (χ0n) is 8.94. The average Bonchev–Trinajstić information content (AvgIpc) is 2.26. The molecule has 0 amide bonds. The van der Waals surface area contributed by atoms with Crippen molar-refractivity contribution in [1.29, 1.82) is 0 Å².